The van der Waals surface area contributed by atoms with Gasteiger partial charge in [0.05, 0.1) is 16.3 Å². The van der Waals surface area contributed by atoms with Crippen molar-refractivity contribution in [1.82, 2.24) is 10.2 Å². The number of halogens is 3. The predicted octanol–water partition coefficient (Wildman–Crippen LogP) is 3.41. The molecule has 0 aliphatic carbocycles. The third kappa shape index (κ3) is 3.12. The van der Waals surface area contributed by atoms with E-state index in [2.05, 4.69) is 10.6 Å². The largest absolute Gasteiger partial charge is 0.361 e. The maximum Gasteiger partial charge on any atom is 0.255 e. The number of anilines is 1. The molecule has 2 heterocycles. The molecular formula is C19H16ClF2N3O2. The molecule has 2 aliphatic heterocycles. The maximum atomic E-state index is 13.4. The van der Waals surface area contributed by atoms with Crippen LogP contribution < -0.4 is 10.6 Å². The molecule has 0 unspecified atom stereocenters. The zero-order chi connectivity index (χ0) is 19.2. The van der Waals surface area contributed by atoms with Crippen molar-refractivity contribution >= 4 is 29.1 Å². The number of rotatable bonds is 1. The van der Waals surface area contributed by atoms with Crippen LogP contribution in [0.1, 0.15) is 33.6 Å². The van der Waals surface area contributed by atoms with Crippen molar-refractivity contribution in [3.63, 3.8) is 0 Å². The summed E-state index contributed by atoms with van der Waals surface area (Å²) >= 11 is 6.22. The van der Waals surface area contributed by atoms with E-state index in [4.69, 9.17) is 11.6 Å². The van der Waals surface area contributed by atoms with Gasteiger partial charge in [0.2, 0.25) is 0 Å². The van der Waals surface area contributed by atoms with Crippen LogP contribution in [0.25, 0.3) is 0 Å². The third-order valence-electron chi connectivity index (χ3n) is 5.05. The third-order valence-corrected chi connectivity index (χ3v) is 5.36. The lowest BCUT2D eigenvalue weighted by Gasteiger charge is -2.46. The fourth-order valence-corrected chi connectivity index (χ4v) is 3.77. The van der Waals surface area contributed by atoms with Crippen LogP contribution in [-0.4, -0.2) is 35.5 Å². The van der Waals surface area contributed by atoms with Gasteiger partial charge in [-0.25, -0.2) is 8.78 Å². The number of fused-ring (bicyclic) bond motifs is 1. The molecular weight excluding hydrogens is 376 g/mol. The first-order valence-electron chi connectivity index (χ1n) is 8.52. The Morgan fingerprint density at radius 3 is 2.52 bits per heavy atom. The van der Waals surface area contributed by atoms with Crippen molar-refractivity contribution in [2.45, 2.75) is 18.5 Å². The summed E-state index contributed by atoms with van der Waals surface area (Å²) in [5.74, 6) is -2.63. The predicted molar refractivity (Wildman–Crippen MR) is 96.8 cm³/mol. The zero-order valence-corrected chi connectivity index (χ0v) is 14.9. The molecule has 1 fully saturated rings. The minimum Gasteiger partial charge on any atom is -0.361 e. The molecule has 1 saturated heterocycles. The standard InChI is InChI=1S/C19H16ClF2N3O2/c20-13-3-1-2-12-16(13)23-19(24-17(12)26)6-8-25(9-7-19)18(27)11-4-5-14(21)15(22)10-11/h1-5,10,23H,6-9H2,(H,24,26). The number of nitrogens with one attached hydrogen (secondary N) is 2. The van der Waals surface area contributed by atoms with Crippen LogP contribution in [0.2, 0.25) is 5.02 Å². The number of piperidine rings is 1. The van der Waals surface area contributed by atoms with E-state index >= 15 is 0 Å². The minimum absolute atomic E-state index is 0.0962. The van der Waals surface area contributed by atoms with Crippen LogP contribution in [0.5, 0.6) is 0 Å². The summed E-state index contributed by atoms with van der Waals surface area (Å²) in [6, 6.07) is 8.22. The van der Waals surface area contributed by atoms with Crippen molar-refractivity contribution in [2.75, 3.05) is 18.4 Å². The molecule has 5 nitrogen and oxygen atoms in total. The minimum atomic E-state index is -1.05. The average Bonchev–Trinajstić information content (AvgIpc) is 2.65. The van der Waals surface area contributed by atoms with E-state index < -0.39 is 17.3 Å². The van der Waals surface area contributed by atoms with Crippen molar-refractivity contribution in [3.8, 4) is 0 Å². The summed E-state index contributed by atoms with van der Waals surface area (Å²) in [5, 5.41) is 6.75. The molecule has 0 radical (unpaired) electrons. The summed E-state index contributed by atoms with van der Waals surface area (Å²) in [6.07, 6.45) is 0.914. The number of para-hydroxylation sites is 1. The second kappa shape index (κ2) is 6.49. The topological polar surface area (TPSA) is 61.4 Å². The fourth-order valence-electron chi connectivity index (χ4n) is 3.55. The van der Waals surface area contributed by atoms with Crippen molar-refractivity contribution in [1.29, 1.82) is 0 Å². The van der Waals surface area contributed by atoms with Gasteiger partial charge in [-0.3, -0.25) is 9.59 Å². The van der Waals surface area contributed by atoms with E-state index in [1.165, 1.54) is 6.07 Å². The molecule has 27 heavy (non-hydrogen) atoms. The summed E-state index contributed by atoms with van der Waals surface area (Å²) in [5.41, 5.74) is 0.468. The first-order valence-corrected chi connectivity index (χ1v) is 8.90. The van der Waals surface area contributed by atoms with Gasteiger partial charge in [0.1, 0.15) is 5.66 Å². The molecule has 2 aromatic carbocycles. The Balaban J connectivity index is 1.50. The van der Waals surface area contributed by atoms with E-state index in [-0.39, 0.29) is 17.4 Å². The maximum absolute atomic E-state index is 13.4. The molecule has 8 heteroatoms. The first-order chi connectivity index (χ1) is 12.9. The lowest BCUT2D eigenvalue weighted by molar-refractivity contribution is 0.0639. The lowest BCUT2D eigenvalue weighted by atomic mass is 9.92. The lowest BCUT2D eigenvalue weighted by Crippen LogP contribution is -2.62. The highest BCUT2D eigenvalue weighted by atomic mass is 35.5. The van der Waals surface area contributed by atoms with Crippen LogP contribution >= 0.6 is 11.6 Å². The smallest absolute Gasteiger partial charge is 0.255 e. The fraction of sp³-hybridized carbons (Fsp3) is 0.263. The van der Waals surface area contributed by atoms with Crippen molar-refractivity contribution < 1.29 is 18.4 Å². The average molecular weight is 392 g/mol. The highest BCUT2D eigenvalue weighted by Crippen LogP contribution is 2.35. The number of amides is 2. The molecule has 2 aromatic rings. The molecule has 0 saturated carbocycles. The molecule has 0 atom stereocenters. The number of carbonyl (C=O) groups excluding carboxylic acids is 2. The number of carbonyl (C=O) groups is 2. The highest BCUT2D eigenvalue weighted by Gasteiger charge is 2.41. The Hall–Kier alpha value is -2.67. The van der Waals surface area contributed by atoms with Gasteiger partial charge in [0.15, 0.2) is 11.6 Å². The molecule has 140 valence electrons. The zero-order valence-electron chi connectivity index (χ0n) is 14.2. The van der Waals surface area contributed by atoms with E-state index in [0.29, 0.717) is 42.2 Å². The van der Waals surface area contributed by atoms with Gasteiger partial charge in [-0.1, -0.05) is 17.7 Å². The van der Waals surface area contributed by atoms with Gasteiger partial charge in [0, 0.05) is 31.5 Å². The number of benzene rings is 2. The molecule has 1 spiro atoms. The van der Waals surface area contributed by atoms with E-state index in [9.17, 15) is 18.4 Å². The van der Waals surface area contributed by atoms with Gasteiger partial charge < -0.3 is 15.5 Å². The molecule has 2 N–H and O–H groups in total. The Bertz CT molecular complexity index is 943. The van der Waals surface area contributed by atoms with Gasteiger partial charge in [-0.15, -0.1) is 0 Å². The van der Waals surface area contributed by atoms with E-state index in [1.807, 2.05) is 0 Å². The summed E-state index contributed by atoms with van der Waals surface area (Å²) in [6.45, 7) is 0.704. The Morgan fingerprint density at radius 1 is 1.07 bits per heavy atom. The van der Waals surface area contributed by atoms with Gasteiger partial charge >= 0.3 is 0 Å². The molecule has 4 rings (SSSR count). The van der Waals surface area contributed by atoms with Crippen molar-refractivity contribution in [3.05, 3.63) is 64.2 Å². The second-order valence-electron chi connectivity index (χ2n) is 6.74. The first kappa shape index (κ1) is 17.7. The van der Waals surface area contributed by atoms with Gasteiger partial charge in [-0.05, 0) is 30.3 Å². The Kier molecular flexibility index (Phi) is 4.26. The molecule has 0 bridgehead atoms. The summed E-state index contributed by atoms with van der Waals surface area (Å²) in [7, 11) is 0. The highest BCUT2D eigenvalue weighted by molar-refractivity contribution is 6.34. The number of hydrogen-bond acceptors (Lipinski definition) is 3. The number of nitrogens with zero attached hydrogens (tertiary/aromatic N) is 1. The normalized spacial score (nSPS) is 17.9. The Labute approximate surface area is 159 Å². The molecule has 0 aromatic heterocycles. The quantitative estimate of drug-likeness (QED) is 0.783. The van der Waals surface area contributed by atoms with Crippen LogP contribution in [-0.2, 0) is 0 Å². The monoisotopic (exact) mass is 391 g/mol. The Morgan fingerprint density at radius 2 is 1.81 bits per heavy atom. The van der Waals surface area contributed by atoms with Gasteiger partial charge in [0.25, 0.3) is 11.8 Å². The number of hydrogen-bond donors (Lipinski definition) is 2. The van der Waals surface area contributed by atoms with Crippen LogP contribution in [0.3, 0.4) is 0 Å². The van der Waals surface area contributed by atoms with Crippen LogP contribution in [0.15, 0.2) is 36.4 Å². The van der Waals surface area contributed by atoms with Gasteiger partial charge in [-0.2, -0.15) is 0 Å². The summed E-state index contributed by atoms with van der Waals surface area (Å²) in [4.78, 5) is 26.6. The second-order valence-corrected chi connectivity index (χ2v) is 7.15. The molecule has 2 aliphatic rings. The summed E-state index contributed by atoms with van der Waals surface area (Å²) < 4.78 is 26.5. The van der Waals surface area contributed by atoms with Crippen LogP contribution in [0, 0.1) is 11.6 Å². The molecule has 2 amide bonds. The van der Waals surface area contributed by atoms with Crippen LogP contribution in [0.4, 0.5) is 14.5 Å². The van der Waals surface area contributed by atoms with E-state index in [0.717, 1.165) is 12.1 Å². The SMILES string of the molecule is O=C1NC2(CCN(C(=O)c3ccc(F)c(F)c3)CC2)Nc2c(Cl)cccc21. The van der Waals surface area contributed by atoms with Crippen molar-refractivity contribution in [2.24, 2.45) is 0 Å². The van der Waals surface area contributed by atoms with E-state index in [1.54, 1.807) is 23.1 Å². The number of likely N-dealkylation sites (tertiary alicyclic amines) is 1.